The van der Waals surface area contributed by atoms with Crippen LogP contribution in [0.4, 0.5) is 0 Å². The van der Waals surface area contributed by atoms with E-state index in [4.69, 9.17) is 9.47 Å². The molecule has 0 saturated heterocycles. The van der Waals surface area contributed by atoms with Crippen molar-refractivity contribution in [1.82, 2.24) is 5.32 Å². The zero-order valence-corrected chi connectivity index (χ0v) is 15.0. The molecular formula is C18H27NO4. The minimum absolute atomic E-state index is 0.347. The standard InChI is InChI=1S/C18H27NO4/c1-17(2,3)16(21)23-14(15(20)19-18(4,5)6)12-8-10-13(22-7)11-9-12/h8-11,14H,1-7H3,(H,19,20). The fourth-order valence-electron chi connectivity index (χ4n) is 1.77. The summed E-state index contributed by atoms with van der Waals surface area (Å²) in [5.74, 6) is -0.103. The van der Waals surface area contributed by atoms with Crippen molar-refractivity contribution < 1.29 is 19.1 Å². The quantitative estimate of drug-likeness (QED) is 0.865. The molecule has 5 heteroatoms. The number of hydrogen-bond acceptors (Lipinski definition) is 4. The second-order valence-corrected chi connectivity index (χ2v) is 7.55. The molecule has 1 atom stereocenters. The molecule has 1 aromatic carbocycles. The highest BCUT2D eigenvalue weighted by molar-refractivity contribution is 5.86. The minimum Gasteiger partial charge on any atom is -0.497 e. The first-order valence-corrected chi connectivity index (χ1v) is 7.61. The van der Waals surface area contributed by atoms with Gasteiger partial charge in [-0.05, 0) is 53.7 Å². The molecule has 0 aliphatic heterocycles. The number of amides is 1. The van der Waals surface area contributed by atoms with Gasteiger partial charge >= 0.3 is 5.97 Å². The number of benzene rings is 1. The van der Waals surface area contributed by atoms with Gasteiger partial charge in [0.1, 0.15) is 5.75 Å². The Kier molecular flexibility index (Phi) is 5.81. The van der Waals surface area contributed by atoms with E-state index in [0.717, 1.165) is 0 Å². The lowest BCUT2D eigenvalue weighted by molar-refractivity contribution is -0.164. The van der Waals surface area contributed by atoms with Crippen LogP contribution in [-0.4, -0.2) is 24.5 Å². The number of methoxy groups -OCH3 is 1. The predicted molar refractivity (Wildman–Crippen MR) is 89.2 cm³/mol. The fourth-order valence-corrected chi connectivity index (χ4v) is 1.77. The lowest BCUT2D eigenvalue weighted by atomic mass is 9.97. The van der Waals surface area contributed by atoms with Crippen LogP contribution in [-0.2, 0) is 14.3 Å². The first-order valence-electron chi connectivity index (χ1n) is 7.61. The largest absolute Gasteiger partial charge is 0.497 e. The number of carbonyl (C=O) groups is 2. The third-order valence-electron chi connectivity index (χ3n) is 2.99. The summed E-state index contributed by atoms with van der Waals surface area (Å²) in [6.07, 6.45) is -0.994. The van der Waals surface area contributed by atoms with E-state index in [1.165, 1.54) is 0 Å². The van der Waals surface area contributed by atoms with Crippen molar-refractivity contribution in [3.63, 3.8) is 0 Å². The van der Waals surface area contributed by atoms with Gasteiger partial charge < -0.3 is 14.8 Å². The Morgan fingerprint density at radius 2 is 1.52 bits per heavy atom. The molecule has 1 aromatic rings. The Bertz CT molecular complexity index is 550. The van der Waals surface area contributed by atoms with Crippen LogP contribution in [0.2, 0.25) is 0 Å². The summed E-state index contributed by atoms with van der Waals surface area (Å²) in [5.41, 5.74) is -0.506. The SMILES string of the molecule is COc1ccc(C(OC(=O)C(C)(C)C)C(=O)NC(C)(C)C)cc1. The summed E-state index contributed by atoms with van der Waals surface area (Å²) < 4.78 is 10.6. The molecule has 0 bridgehead atoms. The van der Waals surface area contributed by atoms with E-state index in [2.05, 4.69) is 5.32 Å². The molecule has 1 unspecified atom stereocenters. The van der Waals surface area contributed by atoms with Gasteiger partial charge in [-0.25, -0.2) is 0 Å². The Morgan fingerprint density at radius 3 is 1.91 bits per heavy atom. The third kappa shape index (κ3) is 5.93. The zero-order chi connectivity index (χ0) is 17.8. The van der Waals surface area contributed by atoms with Gasteiger partial charge in [-0.15, -0.1) is 0 Å². The molecular weight excluding hydrogens is 294 g/mol. The normalized spacial score (nSPS) is 13.2. The van der Waals surface area contributed by atoms with Gasteiger partial charge in [0.25, 0.3) is 5.91 Å². The van der Waals surface area contributed by atoms with Crippen molar-refractivity contribution in [1.29, 1.82) is 0 Å². The molecule has 0 aromatic heterocycles. The predicted octanol–water partition coefficient (Wildman–Crippen LogP) is 3.24. The molecule has 23 heavy (non-hydrogen) atoms. The van der Waals surface area contributed by atoms with Crippen LogP contribution in [0.1, 0.15) is 53.2 Å². The van der Waals surface area contributed by atoms with Crippen molar-refractivity contribution >= 4 is 11.9 Å². The molecule has 0 heterocycles. The Labute approximate surface area is 138 Å². The number of hydrogen-bond donors (Lipinski definition) is 1. The highest BCUT2D eigenvalue weighted by atomic mass is 16.5. The molecule has 1 N–H and O–H groups in total. The maximum Gasteiger partial charge on any atom is 0.312 e. The lowest BCUT2D eigenvalue weighted by Crippen LogP contribution is -2.44. The van der Waals surface area contributed by atoms with Gasteiger partial charge in [0.05, 0.1) is 12.5 Å². The van der Waals surface area contributed by atoms with Gasteiger partial charge in [0.15, 0.2) is 0 Å². The van der Waals surface area contributed by atoms with Gasteiger partial charge in [-0.1, -0.05) is 12.1 Å². The Hall–Kier alpha value is -2.04. The molecule has 128 valence electrons. The van der Waals surface area contributed by atoms with Gasteiger partial charge in [-0.3, -0.25) is 9.59 Å². The smallest absolute Gasteiger partial charge is 0.312 e. The third-order valence-corrected chi connectivity index (χ3v) is 2.99. The Balaban J connectivity index is 3.09. The van der Waals surface area contributed by atoms with Crippen LogP contribution < -0.4 is 10.1 Å². The van der Waals surface area contributed by atoms with Crippen molar-refractivity contribution in [3.8, 4) is 5.75 Å². The topological polar surface area (TPSA) is 64.6 Å². The molecule has 0 saturated carbocycles. The number of rotatable bonds is 4. The summed E-state index contributed by atoms with van der Waals surface area (Å²) in [7, 11) is 1.57. The Morgan fingerprint density at radius 1 is 1.00 bits per heavy atom. The van der Waals surface area contributed by atoms with E-state index >= 15 is 0 Å². The van der Waals surface area contributed by atoms with Crippen LogP contribution >= 0.6 is 0 Å². The van der Waals surface area contributed by atoms with Crippen molar-refractivity contribution in [3.05, 3.63) is 29.8 Å². The average Bonchev–Trinajstić information content (AvgIpc) is 2.41. The highest BCUT2D eigenvalue weighted by Crippen LogP contribution is 2.26. The number of esters is 1. The molecule has 5 nitrogen and oxygen atoms in total. The van der Waals surface area contributed by atoms with Gasteiger partial charge in [-0.2, -0.15) is 0 Å². The van der Waals surface area contributed by atoms with E-state index in [-0.39, 0.29) is 5.91 Å². The maximum absolute atomic E-state index is 12.6. The van der Waals surface area contributed by atoms with Crippen molar-refractivity contribution in [2.75, 3.05) is 7.11 Å². The van der Waals surface area contributed by atoms with Crippen LogP contribution in [0, 0.1) is 5.41 Å². The van der Waals surface area contributed by atoms with Crippen LogP contribution in [0.5, 0.6) is 5.75 Å². The average molecular weight is 321 g/mol. The summed E-state index contributed by atoms with van der Waals surface area (Å²) in [6.45, 7) is 10.9. The molecule has 0 aliphatic rings. The summed E-state index contributed by atoms with van der Waals surface area (Å²) in [5, 5.41) is 2.86. The van der Waals surface area contributed by atoms with Crippen LogP contribution in [0.25, 0.3) is 0 Å². The second-order valence-electron chi connectivity index (χ2n) is 7.55. The van der Waals surface area contributed by atoms with Crippen LogP contribution in [0.3, 0.4) is 0 Å². The highest BCUT2D eigenvalue weighted by Gasteiger charge is 2.32. The van der Waals surface area contributed by atoms with E-state index in [0.29, 0.717) is 11.3 Å². The fraction of sp³-hybridized carbons (Fsp3) is 0.556. The van der Waals surface area contributed by atoms with E-state index in [1.54, 1.807) is 52.1 Å². The summed E-state index contributed by atoms with van der Waals surface area (Å²) >= 11 is 0. The summed E-state index contributed by atoms with van der Waals surface area (Å²) in [4.78, 5) is 24.8. The molecule has 1 amide bonds. The lowest BCUT2D eigenvalue weighted by Gasteiger charge is -2.27. The van der Waals surface area contributed by atoms with E-state index in [9.17, 15) is 9.59 Å². The first-order chi connectivity index (χ1) is 10.4. The first kappa shape index (κ1) is 19.0. The molecule has 0 fully saturated rings. The van der Waals surface area contributed by atoms with Crippen molar-refractivity contribution in [2.24, 2.45) is 5.41 Å². The van der Waals surface area contributed by atoms with E-state index in [1.807, 2.05) is 20.8 Å². The maximum atomic E-state index is 12.6. The summed E-state index contributed by atoms with van der Waals surface area (Å²) in [6, 6.07) is 6.92. The van der Waals surface area contributed by atoms with Gasteiger partial charge in [0, 0.05) is 11.1 Å². The zero-order valence-electron chi connectivity index (χ0n) is 15.0. The number of carbonyl (C=O) groups excluding carboxylic acids is 2. The molecule has 0 spiro atoms. The monoisotopic (exact) mass is 321 g/mol. The number of nitrogens with one attached hydrogen (secondary N) is 1. The second kappa shape index (κ2) is 7.02. The minimum atomic E-state index is -0.994. The molecule has 0 aliphatic carbocycles. The molecule has 1 rings (SSSR count). The molecule has 0 radical (unpaired) electrons. The van der Waals surface area contributed by atoms with Crippen molar-refractivity contribution in [2.45, 2.75) is 53.2 Å². The van der Waals surface area contributed by atoms with Crippen LogP contribution in [0.15, 0.2) is 24.3 Å². The van der Waals surface area contributed by atoms with Gasteiger partial charge in [0.2, 0.25) is 6.10 Å². The van der Waals surface area contributed by atoms with E-state index < -0.39 is 23.0 Å². The number of ether oxygens (including phenoxy) is 2.